The third-order valence-electron chi connectivity index (χ3n) is 1.63. The predicted molar refractivity (Wildman–Crippen MR) is 57.2 cm³/mol. The topological polar surface area (TPSA) is 55.5 Å². The van der Waals surface area contributed by atoms with Crippen molar-refractivity contribution in [2.24, 2.45) is 5.73 Å². The molecular weight excluding hydrogens is 254 g/mol. The number of rotatable bonds is 4. The van der Waals surface area contributed by atoms with Gasteiger partial charge in [0.25, 0.3) is 0 Å². The summed E-state index contributed by atoms with van der Waals surface area (Å²) in [6.07, 6.45) is 0.103. The lowest BCUT2D eigenvalue weighted by Crippen LogP contribution is -2.05. The van der Waals surface area contributed by atoms with Crippen LogP contribution in [0.1, 0.15) is 17.4 Å². The monoisotopic (exact) mass is 265 g/mol. The Morgan fingerprint density at radius 2 is 2.46 bits per heavy atom. The highest BCUT2D eigenvalue weighted by Gasteiger charge is 2.13. The van der Waals surface area contributed by atoms with Gasteiger partial charge in [0.2, 0.25) is 0 Å². The van der Waals surface area contributed by atoms with E-state index in [2.05, 4.69) is 15.9 Å². The molecule has 1 heterocycles. The van der Waals surface area contributed by atoms with E-state index in [1.807, 2.05) is 6.07 Å². The molecule has 0 amide bonds. The van der Waals surface area contributed by atoms with Gasteiger partial charge >= 0.3 is 0 Å². The fourth-order valence-corrected chi connectivity index (χ4v) is 2.66. The minimum Gasteiger partial charge on any atom is -0.486 e. The van der Waals surface area contributed by atoms with Gasteiger partial charge in [-0.1, -0.05) is 0 Å². The van der Waals surface area contributed by atoms with E-state index in [0.717, 1.165) is 14.4 Å². The molecule has 13 heavy (non-hydrogen) atoms. The predicted octanol–water partition coefficient (Wildman–Crippen LogP) is 1.90. The molecule has 0 saturated heterocycles. The molecule has 0 aliphatic rings. The number of aliphatic hydroxyl groups excluding tert-OH is 1. The second kappa shape index (κ2) is 4.95. The first-order valence-electron chi connectivity index (χ1n) is 3.90. The van der Waals surface area contributed by atoms with Crippen molar-refractivity contribution < 1.29 is 9.84 Å². The van der Waals surface area contributed by atoms with Crippen molar-refractivity contribution in [3.05, 3.63) is 15.4 Å². The normalized spacial score (nSPS) is 12.9. The van der Waals surface area contributed by atoms with E-state index in [9.17, 15) is 5.11 Å². The number of aliphatic hydroxyl groups is 1. The molecule has 0 aliphatic carbocycles. The third kappa shape index (κ3) is 2.67. The molecule has 3 nitrogen and oxygen atoms in total. The minimum atomic E-state index is -0.477. The smallest absolute Gasteiger partial charge is 0.188 e. The largest absolute Gasteiger partial charge is 0.486 e. The molecule has 0 spiro atoms. The summed E-state index contributed by atoms with van der Waals surface area (Å²) in [4.78, 5) is 0.883. The van der Waals surface area contributed by atoms with Gasteiger partial charge < -0.3 is 15.6 Å². The van der Waals surface area contributed by atoms with Gasteiger partial charge in [-0.2, -0.15) is 0 Å². The molecule has 1 aromatic heterocycles. The first-order valence-corrected chi connectivity index (χ1v) is 5.51. The zero-order chi connectivity index (χ0) is 9.84. The highest BCUT2D eigenvalue weighted by atomic mass is 79.9. The molecule has 1 atom stereocenters. The van der Waals surface area contributed by atoms with Crippen molar-refractivity contribution in [3.63, 3.8) is 0 Å². The van der Waals surface area contributed by atoms with Crippen molar-refractivity contribution in [1.29, 1.82) is 0 Å². The lowest BCUT2D eigenvalue weighted by Gasteiger charge is -2.04. The van der Waals surface area contributed by atoms with Gasteiger partial charge in [0.05, 0.1) is 17.7 Å². The Kier molecular flexibility index (Phi) is 4.18. The lowest BCUT2D eigenvalue weighted by atomic mass is 10.2. The minimum absolute atomic E-state index is 0.477. The Balaban J connectivity index is 2.77. The van der Waals surface area contributed by atoms with Gasteiger partial charge in [-0.15, -0.1) is 11.3 Å². The fourth-order valence-electron chi connectivity index (χ4n) is 0.973. The summed E-state index contributed by atoms with van der Waals surface area (Å²) in [5.41, 5.74) is 5.35. The summed E-state index contributed by atoms with van der Waals surface area (Å²) in [7, 11) is 1.61. The molecule has 0 aromatic carbocycles. The van der Waals surface area contributed by atoms with Crippen LogP contribution in [0.2, 0.25) is 0 Å². The molecule has 1 rings (SSSR count). The number of methoxy groups -OCH3 is 1. The summed E-state index contributed by atoms with van der Waals surface area (Å²) in [5.74, 6) is 0. The summed E-state index contributed by atoms with van der Waals surface area (Å²) < 4.78 is 5.96. The summed E-state index contributed by atoms with van der Waals surface area (Å²) in [6.45, 7) is 0.485. The fraction of sp³-hybridized carbons (Fsp3) is 0.500. The standard InChI is InChI=1S/C8H12BrNO2S/c1-12-8-5(9)4-7(13-8)6(11)2-3-10/h4,6,11H,2-3,10H2,1H3/t6-/m0/s1. The molecule has 0 aliphatic heterocycles. The molecule has 0 saturated carbocycles. The first kappa shape index (κ1) is 11.0. The number of thiophene rings is 1. The number of hydrogen-bond donors (Lipinski definition) is 2. The average Bonchev–Trinajstić information content (AvgIpc) is 2.47. The number of hydrogen-bond acceptors (Lipinski definition) is 4. The Bertz CT molecular complexity index is 277. The van der Waals surface area contributed by atoms with Crippen molar-refractivity contribution >= 4 is 27.3 Å². The SMILES string of the molecule is COc1sc([C@@H](O)CCN)cc1Br. The van der Waals surface area contributed by atoms with E-state index in [0.29, 0.717) is 13.0 Å². The zero-order valence-electron chi connectivity index (χ0n) is 7.29. The van der Waals surface area contributed by atoms with Crippen LogP contribution in [-0.4, -0.2) is 18.8 Å². The number of nitrogens with two attached hydrogens (primary N) is 1. The first-order chi connectivity index (χ1) is 6.19. The maximum absolute atomic E-state index is 9.61. The summed E-state index contributed by atoms with van der Waals surface area (Å²) >= 11 is 4.77. The van der Waals surface area contributed by atoms with Gasteiger partial charge in [-0.25, -0.2) is 0 Å². The molecule has 1 aromatic rings. The molecule has 74 valence electrons. The number of ether oxygens (including phenoxy) is 1. The molecule has 0 unspecified atom stereocenters. The summed E-state index contributed by atoms with van der Waals surface area (Å²) in [6, 6.07) is 1.86. The van der Waals surface area contributed by atoms with E-state index in [4.69, 9.17) is 10.5 Å². The second-order valence-corrected chi connectivity index (χ2v) is 4.48. The molecule has 3 N–H and O–H groups in total. The van der Waals surface area contributed by atoms with E-state index >= 15 is 0 Å². The van der Waals surface area contributed by atoms with Crippen LogP contribution in [0.3, 0.4) is 0 Å². The lowest BCUT2D eigenvalue weighted by molar-refractivity contribution is 0.174. The molecule has 0 bridgehead atoms. The van der Waals surface area contributed by atoms with Crippen molar-refractivity contribution in [2.75, 3.05) is 13.7 Å². The zero-order valence-corrected chi connectivity index (χ0v) is 9.69. The maximum Gasteiger partial charge on any atom is 0.188 e. The Hall–Kier alpha value is -0.100. The van der Waals surface area contributed by atoms with E-state index in [1.54, 1.807) is 7.11 Å². The highest BCUT2D eigenvalue weighted by Crippen LogP contribution is 2.38. The van der Waals surface area contributed by atoms with Crippen LogP contribution in [-0.2, 0) is 0 Å². The summed E-state index contributed by atoms with van der Waals surface area (Å²) in [5, 5.41) is 10.4. The van der Waals surface area contributed by atoms with Gasteiger partial charge in [0.1, 0.15) is 0 Å². The van der Waals surface area contributed by atoms with Gasteiger partial charge in [0, 0.05) is 4.88 Å². The van der Waals surface area contributed by atoms with Crippen LogP contribution in [0.5, 0.6) is 5.06 Å². The van der Waals surface area contributed by atoms with Crippen LogP contribution in [0.25, 0.3) is 0 Å². The van der Waals surface area contributed by atoms with Gasteiger partial charge in [-0.3, -0.25) is 0 Å². The second-order valence-electron chi connectivity index (χ2n) is 2.58. The Morgan fingerprint density at radius 1 is 1.77 bits per heavy atom. The van der Waals surface area contributed by atoms with E-state index in [1.165, 1.54) is 11.3 Å². The third-order valence-corrected chi connectivity index (χ3v) is 3.68. The average molecular weight is 266 g/mol. The quantitative estimate of drug-likeness (QED) is 0.875. The highest BCUT2D eigenvalue weighted by molar-refractivity contribution is 9.10. The van der Waals surface area contributed by atoms with Gasteiger partial charge in [0.15, 0.2) is 5.06 Å². The van der Waals surface area contributed by atoms with Crippen LogP contribution >= 0.6 is 27.3 Å². The van der Waals surface area contributed by atoms with E-state index in [-0.39, 0.29) is 0 Å². The van der Waals surface area contributed by atoms with Gasteiger partial charge in [-0.05, 0) is 35.0 Å². The Morgan fingerprint density at radius 3 is 2.92 bits per heavy atom. The van der Waals surface area contributed by atoms with Crippen LogP contribution in [0.4, 0.5) is 0 Å². The maximum atomic E-state index is 9.61. The molecular formula is C8H12BrNO2S. The van der Waals surface area contributed by atoms with Crippen LogP contribution < -0.4 is 10.5 Å². The van der Waals surface area contributed by atoms with Crippen LogP contribution in [0.15, 0.2) is 10.5 Å². The molecule has 0 fully saturated rings. The Labute approximate surface area is 89.6 Å². The number of halogens is 1. The van der Waals surface area contributed by atoms with E-state index < -0.39 is 6.10 Å². The van der Waals surface area contributed by atoms with Crippen LogP contribution in [0, 0.1) is 0 Å². The molecule has 0 radical (unpaired) electrons. The van der Waals surface area contributed by atoms with Crippen molar-refractivity contribution in [1.82, 2.24) is 0 Å². The van der Waals surface area contributed by atoms with Crippen molar-refractivity contribution in [2.45, 2.75) is 12.5 Å². The van der Waals surface area contributed by atoms with Crippen molar-refractivity contribution in [3.8, 4) is 5.06 Å². The molecule has 5 heteroatoms.